The number of hydrogen-bond donors (Lipinski definition) is 3. The molecule has 1 fully saturated rings. The van der Waals surface area contributed by atoms with Gasteiger partial charge in [0.2, 0.25) is 0 Å². The molecule has 1 aromatic rings. The van der Waals surface area contributed by atoms with Crippen molar-refractivity contribution in [2.24, 2.45) is 16.6 Å². The monoisotopic (exact) mass is 291 g/mol. The quantitative estimate of drug-likeness (QED) is 0.578. The number of nitrogens with zero attached hydrogens (tertiary/aromatic N) is 3. The van der Waals surface area contributed by atoms with Crippen LogP contribution >= 0.6 is 0 Å². The van der Waals surface area contributed by atoms with Gasteiger partial charge in [0.25, 0.3) is 0 Å². The molecule has 1 saturated carbocycles. The molecule has 1 aliphatic carbocycles. The SMILES string of the molecule is Cc1nc(C(N)=NC(=O)O)nc(NC(C)C2CCC2)c1C. The zero-order chi connectivity index (χ0) is 15.6. The van der Waals surface area contributed by atoms with Crippen LogP contribution in [0, 0.1) is 19.8 Å². The first-order valence-electron chi connectivity index (χ1n) is 7.07. The molecule has 0 aromatic carbocycles. The number of aryl methyl sites for hydroxylation is 1. The Balaban J connectivity index is 2.27. The molecule has 1 unspecified atom stereocenters. The number of carbonyl (C=O) groups is 1. The molecule has 0 radical (unpaired) electrons. The van der Waals surface area contributed by atoms with Gasteiger partial charge in [-0.05, 0) is 39.5 Å². The minimum Gasteiger partial charge on any atom is -0.463 e. The van der Waals surface area contributed by atoms with Gasteiger partial charge in [0.05, 0.1) is 0 Å². The maximum absolute atomic E-state index is 10.6. The fourth-order valence-corrected chi connectivity index (χ4v) is 2.31. The van der Waals surface area contributed by atoms with E-state index in [1.807, 2.05) is 13.8 Å². The van der Waals surface area contributed by atoms with E-state index in [0.717, 1.165) is 11.3 Å². The highest BCUT2D eigenvalue weighted by molar-refractivity contribution is 6.00. The highest BCUT2D eigenvalue weighted by atomic mass is 16.4. The fourth-order valence-electron chi connectivity index (χ4n) is 2.31. The van der Waals surface area contributed by atoms with E-state index in [2.05, 4.69) is 27.2 Å². The summed E-state index contributed by atoms with van der Waals surface area (Å²) >= 11 is 0. The molecule has 1 atom stereocenters. The number of rotatable bonds is 4. The number of amides is 1. The van der Waals surface area contributed by atoms with Crippen molar-refractivity contribution in [3.05, 3.63) is 17.1 Å². The van der Waals surface area contributed by atoms with Crippen LogP contribution in [0.2, 0.25) is 0 Å². The number of aliphatic imine (C=N–C) groups is 1. The van der Waals surface area contributed by atoms with Gasteiger partial charge in [0, 0.05) is 17.3 Å². The van der Waals surface area contributed by atoms with Crippen LogP contribution in [-0.2, 0) is 0 Å². The molecule has 0 spiro atoms. The minimum atomic E-state index is -1.35. The number of nitrogens with one attached hydrogen (secondary N) is 1. The standard InChI is InChI=1S/C14H21N5O2/c1-7-8(2)16-13(11(15)18-14(20)21)19-12(7)17-9(3)10-5-4-6-10/h9-10H,4-6H2,1-3H3,(H2,15,18)(H,20,21)(H,16,17,19). The van der Waals surface area contributed by atoms with Gasteiger partial charge in [-0.3, -0.25) is 0 Å². The largest absolute Gasteiger partial charge is 0.463 e. The van der Waals surface area contributed by atoms with Crippen LogP contribution in [-0.4, -0.2) is 33.0 Å². The molecule has 0 bridgehead atoms. The lowest BCUT2D eigenvalue weighted by Gasteiger charge is -2.32. The summed E-state index contributed by atoms with van der Waals surface area (Å²) in [6, 6.07) is 0.317. The van der Waals surface area contributed by atoms with Gasteiger partial charge >= 0.3 is 6.09 Å². The van der Waals surface area contributed by atoms with Gasteiger partial charge in [0.1, 0.15) is 5.82 Å². The summed E-state index contributed by atoms with van der Waals surface area (Å²) in [6.45, 7) is 5.91. The maximum atomic E-state index is 10.6. The second-order valence-corrected chi connectivity index (χ2v) is 5.51. The Labute approximate surface area is 123 Å². The van der Waals surface area contributed by atoms with Crippen LogP contribution in [0.3, 0.4) is 0 Å². The summed E-state index contributed by atoms with van der Waals surface area (Å²) in [7, 11) is 0. The van der Waals surface area contributed by atoms with Crippen LogP contribution < -0.4 is 11.1 Å². The number of aromatic nitrogens is 2. The first-order valence-corrected chi connectivity index (χ1v) is 7.07. The average molecular weight is 291 g/mol. The van der Waals surface area contributed by atoms with E-state index < -0.39 is 6.09 Å². The van der Waals surface area contributed by atoms with Crippen molar-refractivity contribution < 1.29 is 9.90 Å². The molecule has 1 amide bonds. The van der Waals surface area contributed by atoms with E-state index in [4.69, 9.17) is 10.8 Å². The molecule has 1 aliphatic rings. The minimum absolute atomic E-state index is 0.142. The topological polar surface area (TPSA) is 113 Å². The van der Waals surface area contributed by atoms with Crippen molar-refractivity contribution in [2.75, 3.05) is 5.32 Å². The van der Waals surface area contributed by atoms with E-state index in [9.17, 15) is 4.79 Å². The predicted octanol–water partition coefficient (Wildman–Crippen LogP) is 2.08. The summed E-state index contributed by atoms with van der Waals surface area (Å²) in [5.74, 6) is 1.31. The third kappa shape index (κ3) is 3.48. The van der Waals surface area contributed by atoms with E-state index in [-0.39, 0.29) is 11.7 Å². The van der Waals surface area contributed by atoms with Gasteiger partial charge in [-0.25, -0.2) is 14.8 Å². The fraction of sp³-hybridized carbons (Fsp3) is 0.571. The summed E-state index contributed by atoms with van der Waals surface area (Å²) in [5.41, 5.74) is 7.32. The second kappa shape index (κ2) is 6.07. The molecule has 7 nitrogen and oxygen atoms in total. The lowest BCUT2D eigenvalue weighted by Crippen LogP contribution is -2.32. The second-order valence-electron chi connectivity index (χ2n) is 5.51. The van der Waals surface area contributed by atoms with Crippen LogP contribution in [0.1, 0.15) is 43.3 Å². The van der Waals surface area contributed by atoms with Crippen LogP contribution in [0.15, 0.2) is 4.99 Å². The highest BCUT2D eigenvalue weighted by Crippen LogP contribution is 2.31. The predicted molar refractivity (Wildman–Crippen MR) is 80.7 cm³/mol. The summed E-state index contributed by atoms with van der Waals surface area (Å²) in [6.07, 6.45) is 2.38. The molecular formula is C14H21N5O2. The highest BCUT2D eigenvalue weighted by Gasteiger charge is 2.25. The molecule has 0 aliphatic heterocycles. The van der Waals surface area contributed by atoms with E-state index in [0.29, 0.717) is 17.8 Å². The lowest BCUT2D eigenvalue weighted by molar-refractivity contribution is 0.205. The zero-order valence-corrected chi connectivity index (χ0v) is 12.6. The molecule has 4 N–H and O–H groups in total. The Kier molecular flexibility index (Phi) is 4.40. The molecule has 2 rings (SSSR count). The van der Waals surface area contributed by atoms with Gasteiger partial charge in [-0.2, -0.15) is 4.99 Å². The Bertz CT molecular complexity index is 581. The maximum Gasteiger partial charge on any atom is 0.433 e. The van der Waals surface area contributed by atoms with Crippen molar-refractivity contribution in [3.8, 4) is 0 Å². The van der Waals surface area contributed by atoms with Crippen molar-refractivity contribution in [1.82, 2.24) is 9.97 Å². The van der Waals surface area contributed by atoms with Crippen molar-refractivity contribution >= 4 is 17.7 Å². The Morgan fingerprint density at radius 3 is 2.62 bits per heavy atom. The molecule has 114 valence electrons. The number of nitrogens with two attached hydrogens (primary N) is 1. The normalized spacial score (nSPS) is 17.2. The average Bonchev–Trinajstić information content (AvgIpc) is 2.31. The lowest BCUT2D eigenvalue weighted by atomic mass is 9.80. The van der Waals surface area contributed by atoms with E-state index in [1.165, 1.54) is 19.3 Å². The molecule has 1 heterocycles. The van der Waals surface area contributed by atoms with Gasteiger partial charge < -0.3 is 16.2 Å². The smallest absolute Gasteiger partial charge is 0.433 e. The number of carboxylic acid groups (broad SMARTS) is 1. The number of amidine groups is 1. The van der Waals surface area contributed by atoms with Crippen LogP contribution in [0.4, 0.5) is 10.6 Å². The van der Waals surface area contributed by atoms with Crippen molar-refractivity contribution in [3.63, 3.8) is 0 Å². The van der Waals surface area contributed by atoms with Gasteiger partial charge in [-0.15, -0.1) is 0 Å². The molecule has 7 heteroatoms. The van der Waals surface area contributed by atoms with Crippen molar-refractivity contribution in [2.45, 2.75) is 46.1 Å². The van der Waals surface area contributed by atoms with E-state index >= 15 is 0 Å². The molecule has 21 heavy (non-hydrogen) atoms. The molecule has 0 saturated heterocycles. The molecular weight excluding hydrogens is 270 g/mol. The first-order chi connectivity index (χ1) is 9.88. The Morgan fingerprint density at radius 1 is 1.43 bits per heavy atom. The Hall–Kier alpha value is -2.18. The van der Waals surface area contributed by atoms with Gasteiger partial charge in [0.15, 0.2) is 11.7 Å². The van der Waals surface area contributed by atoms with E-state index in [1.54, 1.807) is 0 Å². The first kappa shape index (κ1) is 15.2. The summed E-state index contributed by atoms with van der Waals surface area (Å²) in [5, 5.41) is 12.0. The third-order valence-corrected chi connectivity index (χ3v) is 4.06. The summed E-state index contributed by atoms with van der Waals surface area (Å²) in [4.78, 5) is 22.4. The Morgan fingerprint density at radius 2 is 2.10 bits per heavy atom. The summed E-state index contributed by atoms with van der Waals surface area (Å²) < 4.78 is 0. The van der Waals surface area contributed by atoms with Crippen molar-refractivity contribution in [1.29, 1.82) is 0 Å². The number of anilines is 1. The van der Waals surface area contributed by atoms with Gasteiger partial charge in [-0.1, -0.05) is 6.42 Å². The zero-order valence-electron chi connectivity index (χ0n) is 12.6. The van der Waals surface area contributed by atoms with Crippen LogP contribution in [0.25, 0.3) is 0 Å². The third-order valence-electron chi connectivity index (χ3n) is 4.06. The molecule has 1 aromatic heterocycles. The number of hydrogen-bond acceptors (Lipinski definition) is 4. The van der Waals surface area contributed by atoms with Crippen LogP contribution in [0.5, 0.6) is 0 Å².